The zero-order chi connectivity index (χ0) is 12.9. The second-order valence-corrected chi connectivity index (χ2v) is 4.66. The predicted molar refractivity (Wildman–Crippen MR) is 58.9 cm³/mol. The Morgan fingerprint density at radius 3 is 2.12 bits per heavy atom. The normalized spacial score (nSPS) is 13.2. The number of amides is 2. The molecule has 6 nitrogen and oxygen atoms in total. The van der Waals surface area contributed by atoms with E-state index >= 15 is 0 Å². The van der Waals surface area contributed by atoms with Crippen LogP contribution in [0.2, 0.25) is 0 Å². The monoisotopic (exact) mass is 232 g/mol. The summed E-state index contributed by atoms with van der Waals surface area (Å²) in [6.07, 6.45) is -0.823. The number of carboxylic acid groups (broad SMARTS) is 1. The largest absolute Gasteiger partial charge is 0.465 e. The van der Waals surface area contributed by atoms with Crippen LogP contribution < -0.4 is 5.73 Å². The van der Waals surface area contributed by atoms with Crippen molar-refractivity contribution in [2.24, 2.45) is 5.73 Å². The Hall–Kier alpha value is -1.30. The third-order valence-corrected chi connectivity index (χ3v) is 2.23. The van der Waals surface area contributed by atoms with Gasteiger partial charge in [-0.25, -0.2) is 4.79 Å². The topological polar surface area (TPSA) is 104 Å². The van der Waals surface area contributed by atoms with E-state index in [0.717, 1.165) is 4.90 Å². The first-order valence-corrected chi connectivity index (χ1v) is 5.11. The SMILES string of the molecule is CC(C)(C)N(C(=O)O)[C@@H](CO)CCC(N)=O. The smallest absolute Gasteiger partial charge is 0.408 e. The Morgan fingerprint density at radius 1 is 1.38 bits per heavy atom. The summed E-state index contributed by atoms with van der Waals surface area (Å²) in [5.41, 5.74) is 4.37. The van der Waals surface area contributed by atoms with Gasteiger partial charge in [-0.05, 0) is 27.2 Å². The highest BCUT2D eigenvalue weighted by Gasteiger charge is 2.32. The van der Waals surface area contributed by atoms with Crippen LogP contribution in [-0.4, -0.2) is 45.3 Å². The first-order chi connectivity index (χ1) is 7.20. The summed E-state index contributed by atoms with van der Waals surface area (Å²) < 4.78 is 0. The first kappa shape index (κ1) is 14.7. The van der Waals surface area contributed by atoms with E-state index < -0.39 is 23.6 Å². The minimum Gasteiger partial charge on any atom is -0.465 e. The van der Waals surface area contributed by atoms with Gasteiger partial charge in [0.1, 0.15) is 0 Å². The third kappa shape index (κ3) is 4.48. The van der Waals surface area contributed by atoms with Crippen LogP contribution in [0.15, 0.2) is 0 Å². The molecule has 0 aromatic heterocycles. The first-order valence-electron chi connectivity index (χ1n) is 5.11. The maximum atomic E-state index is 11.1. The van der Waals surface area contributed by atoms with Gasteiger partial charge >= 0.3 is 6.09 Å². The van der Waals surface area contributed by atoms with Crippen LogP contribution >= 0.6 is 0 Å². The summed E-state index contributed by atoms with van der Waals surface area (Å²) in [5, 5.41) is 18.2. The zero-order valence-corrected chi connectivity index (χ0v) is 9.93. The Bertz CT molecular complexity index is 260. The van der Waals surface area contributed by atoms with E-state index in [2.05, 4.69) is 0 Å². The van der Waals surface area contributed by atoms with Crippen molar-refractivity contribution in [3.63, 3.8) is 0 Å². The van der Waals surface area contributed by atoms with Crippen molar-refractivity contribution in [2.75, 3.05) is 6.61 Å². The number of aliphatic hydroxyl groups is 1. The third-order valence-electron chi connectivity index (χ3n) is 2.23. The number of primary amides is 1. The molecule has 1 atom stereocenters. The molecule has 0 rings (SSSR count). The molecule has 0 saturated heterocycles. The van der Waals surface area contributed by atoms with Crippen LogP contribution in [-0.2, 0) is 4.79 Å². The van der Waals surface area contributed by atoms with E-state index in [1.54, 1.807) is 20.8 Å². The number of hydrogen-bond donors (Lipinski definition) is 3. The van der Waals surface area contributed by atoms with E-state index in [4.69, 9.17) is 15.9 Å². The molecule has 0 radical (unpaired) electrons. The summed E-state index contributed by atoms with van der Waals surface area (Å²) in [6, 6.07) is -0.606. The van der Waals surface area contributed by atoms with Gasteiger partial charge in [-0.15, -0.1) is 0 Å². The molecule has 0 spiro atoms. The highest BCUT2D eigenvalue weighted by atomic mass is 16.4. The molecule has 0 aliphatic rings. The molecule has 0 fully saturated rings. The minimum atomic E-state index is -1.11. The van der Waals surface area contributed by atoms with E-state index in [9.17, 15) is 9.59 Å². The van der Waals surface area contributed by atoms with Crippen LogP contribution in [0.3, 0.4) is 0 Å². The zero-order valence-electron chi connectivity index (χ0n) is 9.93. The molecule has 0 aromatic carbocycles. The van der Waals surface area contributed by atoms with Crippen LogP contribution in [0.1, 0.15) is 33.6 Å². The summed E-state index contributed by atoms with van der Waals surface area (Å²) >= 11 is 0. The molecule has 16 heavy (non-hydrogen) atoms. The van der Waals surface area contributed by atoms with Crippen LogP contribution in [0.4, 0.5) is 4.79 Å². The predicted octanol–water partition coefficient (Wildman–Crippen LogP) is 0.391. The molecular formula is C10H20N2O4. The maximum absolute atomic E-state index is 11.1. The van der Waals surface area contributed by atoms with E-state index in [0.29, 0.717) is 0 Å². The standard InChI is InChI=1S/C10H20N2O4/c1-10(2,3)12(9(15)16)7(6-13)4-5-8(11)14/h7,13H,4-6H2,1-3H3,(H2,11,14)(H,15,16)/t7-/m1/s1. The van der Waals surface area contributed by atoms with Gasteiger partial charge in [0, 0.05) is 12.0 Å². The Labute approximate surface area is 95.0 Å². The van der Waals surface area contributed by atoms with Gasteiger partial charge in [-0.1, -0.05) is 0 Å². The molecule has 0 unspecified atom stereocenters. The highest BCUT2D eigenvalue weighted by molar-refractivity contribution is 5.74. The fourth-order valence-electron chi connectivity index (χ4n) is 1.60. The second kappa shape index (κ2) is 5.69. The van der Waals surface area contributed by atoms with Crippen molar-refractivity contribution in [3.8, 4) is 0 Å². The van der Waals surface area contributed by atoms with Gasteiger partial charge in [0.2, 0.25) is 5.91 Å². The van der Waals surface area contributed by atoms with Crippen LogP contribution in [0.25, 0.3) is 0 Å². The molecule has 4 N–H and O–H groups in total. The molecule has 94 valence electrons. The van der Waals surface area contributed by atoms with E-state index in [1.165, 1.54) is 0 Å². The number of nitrogens with zero attached hydrogens (tertiary/aromatic N) is 1. The van der Waals surface area contributed by atoms with Gasteiger partial charge in [0.25, 0.3) is 0 Å². The maximum Gasteiger partial charge on any atom is 0.408 e. The highest BCUT2D eigenvalue weighted by Crippen LogP contribution is 2.19. The molecule has 0 aliphatic carbocycles. The molecule has 6 heteroatoms. The number of hydrogen-bond acceptors (Lipinski definition) is 3. The average Bonchev–Trinajstić information content (AvgIpc) is 2.08. The summed E-state index contributed by atoms with van der Waals surface area (Å²) in [5.74, 6) is -0.502. The lowest BCUT2D eigenvalue weighted by Crippen LogP contribution is -2.52. The average molecular weight is 232 g/mol. The van der Waals surface area contributed by atoms with Crippen molar-refractivity contribution >= 4 is 12.0 Å². The summed E-state index contributed by atoms with van der Waals surface area (Å²) in [7, 11) is 0. The number of aliphatic hydroxyl groups excluding tert-OH is 1. The molecule has 2 amide bonds. The molecule has 0 heterocycles. The van der Waals surface area contributed by atoms with Crippen molar-refractivity contribution in [2.45, 2.75) is 45.2 Å². The van der Waals surface area contributed by atoms with E-state index in [-0.39, 0.29) is 19.4 Å². The number of nitrogens with two attached hydrogens (primary N) is 1. The molecule has 0 aliphatic heterocycles. The van der Waals surface area contributed by atoms with Gasteiger partial charge < -0.3 is 15.9 Å². The van der Waals surface area contributed by atoms with Crippen LogP contribution in [0.5, 0.6) is 0 Å². The van der Waals surface area contributed by atoms with Crippen molar-refractivity contribution in [1.82, 2.24) is 4.90 Å². The molecule has 0 aromatic rings. The summed E-state index contributed by atoms with van der Waals surface area (Å²) in [6.45, 7) is 4.87. The van der Waals surface area contributed by atoms with Gasteiger partial charge in [-0.3, -0.25) is 9.69 Å². The van der Waals surface area contributed by atoms with E-state index in [1.807, 2.05) is 0 Å². The Kier molecular flexibility index (Phi) is 5.23. The molecular weight excluding hydrogens is 212 g/mol. The van der Waals surface area contributed by atoms with Gasteiger partial charge in [-0.2, -0.15) is 0 Å². The number of carbonyl (C=O) groups is 2. The van der Waals surface area contributed by atoms with Crippen molar-refractivity contribution in [3.05, 3.63) is 0 Å². The quantitative estimate of drug-likeness (QED) is 0.637. The Morgan fingerprint density at radius 2 is 1.88 bits per heavy atom. The lowest BCUT2D eigenvalue weighted by molar-refractivity contribution is -0.118. The van der Waals surface area contributed by atoms with Crippen molar-refractivity contribution < 1.29 is 19.8 Å². The lowest BCUT2D eigenvalue weighted by atomic mass is 10.0. The summed E-state index contributed by atoms with van der Waals surface area (Å²) in [4.78, 5) is 22.9. The number of rotatable bonds is 5. The number of carbonyl (C=O) groups excluding carboxylic acids is 1. The van der Waals surface area contributed by atoms with Crippen molar-refractivity contribution in [1.29, 1.82) is 0 Å². The molecule has 0 saturated carbocycles. The van der Waals surface area contributed by atoms with Gasteiger partial charge in [0.15, 0.2) is 0 Å². The lowest BCUT2D eigenvalue weighted by Gasteiger charge is -2.38. The molecule has 0 bridgehead atoms. The fourth-order valence-corrected chi connectivity index (χ4v) is 1.60. The Balaban J connectivity index is 4.73. The minimum absolute atomic E-state index is 0.0606. The van der Waals surface area contributed by atoms with Crippen LogP contribution in [0, 0.1) is 0 Å². The fraction of sp³-hybridized carbons (Fsp3) is 0.800. The van der Waals surface area contributed by atoms with Gasteiger partial charge in [0.05, 0.1) is 12.6 Å². The second-order valence-electron chi connectivity index (χ2n) is 4.66.